The summed E-state index contributed by atoms with van der Waals surface area (Å²) in [6.45, 7) is 0. The van der Waals surface area contributed by atoms with Crippen molar-refractivity contribution in [3.8, 4) is 40.8 Å². The van der Waals surface area contributed by atoms with Crippen LogP contribution in [0.3, 0.4) is 0 Å². The number of fused-ring (bicyclic) bond motifs is 1. The highest BCUT2D eigenvalue weighted by Crippen LogP contribution is 2.35. The fraction of sp³-hybridized carbons (Fsp3) is 0. The smallest absolute Gasteiger partial charge is 0.117 e. The van der Waals surface area contributed by atoms with Crippen molar-refractivity contribution in [1.82, 2.24) is 9.97 Å². The maximum atomic E-state index is 7.53. The van der Waals surface area contributed by atoms with Gasteiger partial charge < -0.3 is 0 Å². The van der Waals surface area contributed by atoms with Crippen molar-refractivity contribution in [1.29, 1.82) is 0 Å². The topological polar surface area (TPSA) is 25.8 Å². The third-order valence-corrected chi connectivity index (χ3v) is 4.88. The first-order valence-corrected chi connectivity index (χ1v) is 8.48. The summed E-state index contributed by atoms with van der Waals surface area (Å²) < 4.78 is 0. The lowest BCUT2D eigenvalue weighted by Crippen LogP contribution is -1.95. The van der Waals surface area contributed by atoms with Gasteiger partial charge in [0.05, 0.1) is 11.4 Å². The van der Waals surface area contributed by atoms with Crippen LogP contribution in [0.2, 0.25) is 0 Å². The third kappa shape index (κ3) is 2.58. The summed E-state index contributed by atoms with van der Waals surface area (Å²) in [6, 6.07) is 19.9. The molecule has 0 bridgehead atoms. The normalized spacial score (nSPS) is 10.3. The standard InChI is InChI=1S/C22H11N2S/c1-3-17-21-22(18(4-2)25-17)24-20(16-13-9-6-10-14-16)19(23-21)15-11-7-5-8-12-15/h1,5-14H. The number of terminal acetylenes is 1. The number of benzene rings is 2. The van der Waals surface area contributed by atoms with Crippen LogP contribution in [0.1, 0.15) is 9.75 Å². The molecule has 1 radical (unpaired) electrons. The monoisotopic (exact) mass is 335 g/mol. The molecule has 4 rings (SSSR count). The molecule has 4 aromatic rings. The van der Waals surface area contributed by atoms with E-state index in [-0.39, 0.29) is 0 Å². The van der Waals surface area contributed by atoms with Gasteiger partial charge in [-0.05, 0) is 12.3 Å². The van der Waals surface area contributed by atoms with Crippen molar-refractivity contribution in [2.75, 3.05) is 0 Å². The van der Waals surface area contributed by atoms with E-state index < -0.39 is 0 Å². The van der Waals surface area contributed by atoms with Crippen LogP contribution >= 0.6 is 11.3 Å². The van der Waals surface area contributed by atoms with Gasteiger partial charge in [0.2, 0.25) is 0 Å². The molecule has 2 nitrogen and oxygen atoms in total. The Kier molecular flexibility index (Phi) is 3.78. The van der Waals surface area contributed by atoms with Crippen LogP contribution < -0.4 is 0 Å². The van der Waals surface area contributed by atoms with Gasteiger partial charge in [-0.1, -0.05) is 66.6 Å². The van der Waals surface area contributed by atoms with Gasteiger partial charge in [0.1, 0.15) is 20.8 Å². The molecule has 3 heteroatoms. The Bertz CT molecular complexity index is 1050. The second-order valence-electron chi connectivity index (χ2n) is 5.38. The lowest BCUT2D eigenvalue weighted by Gasteiger charge is -2.09. The van der Waals surface area contributed by atoms with Crippen LogP contribution in [0, 0.1) is 24.7 Å². The second-order valence-corrected chi connectivity index (χ2v) is 6.40. The van der Waals surface area contributed by atoms with Crippen LogP contribution in [0.25, 0.3) is 33.5 Å². The molecule has 0 aliphatic carbocycles. The van der Waals surface area contributed by atoms with Gasteiger partial charge in [-0.25, -0.2) is 9.97 Å². The van der Waals surface area contributed by atoms with Gasteiger partial charge in [0.25, 0.3) is 0 Å². The lowest BCUT2D eigenvalue weighted by molar-refractivity contribution is 1.30. The molecule has 2 aromatic heterocycles. The van der Waals surface area contributed by atoms with E-state index in [2.05, 4.69) is 11.8 Å². The zero-order valence-corrected chi connectivity index (χ0v) is 14.0. The highest BCUT2D eigenvalue weighted by Gasteiger charge is 2.18. The van der Waals surface area contributed by atoms with Crippen LogP contribution in [0.5, 0.6) is 0 Å². The van der Waals surface area contributed by atoms with Gasteiger partial charge in [-0.2, -0.15) is 0 Å². The maximum Gasteiger partial charge on any atom is 0.117 e. The summed E-state index contributed by atoms with van der Waals surface area (Å²) in [5.41, 5.74) is 4.79. The molecule has 0 saturated heterocycles. The van der Waals surface area contributed by atoms with Crippen molar-refractivity contribution in [2.45, 2.75) is 0 Å². The molecule has 0 spiro atoms. The van der Waals surface area contributed by atoms with E-state index in [0.29, 0.717) is 20.8 Å². The average Bonchev–Trinajstić information content (AvgIpc) is 3.05. The second kappa shape index (κ2) is 6.24. The Morgan fingerprint density at radius 1 is 0.760 bits per heavy atom. The lowest BCUT2D eigenvalue weighted by atomic mass is 10.0. The van der Waals surface area contributed by atoms with Gasteiger partial charge >= 0.3 is 0 Å². The Balaban J connectivity index is 2.11. The predicted octanol–water partition coefficient (Wildman–Crippen LogP) is 4.94. The highest BCUT2D eigenvalue weighted by molar-refractivity contribution is 7.14. The minimum absolute atomic E-state index is 0.604. The minimum atomic E-state index is 0.604. The third-order valence-electron chi connectivity index (χ3n) is 3.87. The van der Waals surface area contributed by atoms with Gasteiger partial charge in [-0.15, -0.1) is 17.8 Å². The quantitative estimate of drug-likeness (QED) is 0.485. The van der Waals surface area contributed by atoms with Gasteiger partial charge in [0, 0.05) is 11.1 Å². The molecule has 0 aliphatic heterocycles. The summed E-state index contributed by atoms with van der Waals surface area (Å²) in [7, 11) is 0. The first-order chi connectivity index (χ1) is 12.3. The Morgan fingerprint density at radius 2 is 1.24 bits per heavy atom. The Morgan fingerprint density at radius 3 is 1.68 bits per heavy atom. The van der Waals surface area contributed by atoms with Crippen LogP contribution in [-0.2, 0) is 0 Å². The number of aromatic nitrogens is 2. The molecule has 2 aromatic carbocycles. The van der Waals surface area contributed by atoms with Crippen LogP contribution in [-0.4, -0.2) is 9.97 Å². The summed E-state index contributed by atoms with van der Waals surface area (Å²) >= 11 is 1.32. The molecule has 0 N–H and O–H groups in total. The van der Waals surface area contributed by atoms with E-state index in [4.69, 9.17) is 22.8 Å². The fourth-order valence-corrected chi connectivity index (χ4v) is 3.52. The average molecular weight is 335 g/mol. The fourth-order valence-electron chi connectivity index (χ4n) is 2.73. The van der Waals surface area contributed by atoms with Crippen molar-refractivity contribution < 1.29 is 0 Å². The van der Waals surface area contributed by atoms with Crippen molar-refractivity contribution >= 4 is 22.4 Å². The summed E-state index contributed by atoms with van der Waals surface area (Å²) in [6.07, 6.45) is 13.2. The van der Waals surface area contributed by atoms with Gasteiger partial charge in [-0.3, -0.25) is 0 Å². The summed E-state index contributed by atoms with van der Waals surface area (Å²) in [4.78, 5) is 11.0. The number of hydrogen-bond donors (Lipinski definition) is 0. The highest BCUT2D eigenvalue weighted by atomic mass is 32.1. The first kappa shape index (κ1) is 15.1. The molecule has 0 unspecified atom stereocenters. The predicted molar refractivity (Wildman–Crippen MR) is 102 cm³/mol. The van der Waals surface area contributed by atoms with E-state index in [0.717, 1.165) is 22.5 Å². The SMILES string of the molecule is [C]#Cc1sc(C#C)c2nc(-c3ccccc3)c(-c3ccccc3)nc12. The molecule has 115 valence electrons. The number of thiophene rings is 1. The number of hydrogen-bond acceptors (Lipinski definition) is 3. The largest absolute Gasteiger partial charge is 0.242 e. The molecule has 0 aliphatic rings. The summed E-state index contributed by atoms with van der Waals surface area (Å²) in [5, 5.41) is 0. The minimum Gasteiger partial charge on any atom is -0.242 e. The van der Waals surface area contributed by atoms with Crippen molar-refractivity contribution in [3.63, 3.8) is 0 Å². The van der Waals surface area contributed by atoms with E-state index >= 15 is 0 Å². The molecular formula is C22H11N2S. The van der Waals surface area contributed by atoms with E-state index in [1.807, 2.05) is 60.7 Å². The Labute approximate surface area is 150 Å². The van der Waals surface area contributed by atoms with Crippen LogP contribution in [0.4, 0.5) is 0 Å². The number of nitrogens with zero attached hydrogens (tertiary/aromatic N) is 2. The van der Waals surface area contributed by atoms with E-state index in [9.17, 15) is 0 Å². The maximum absolute atomic E-state index is 7.53. The molecule has 0 amide bonds. The first-order valence-electron chi connectivity index (χ1n) is 7.66. The molecule has 25 heavy (non-hydrogen) atoms. The van der Waals surface area contributed by atoms with E-state index in [1.54, 1.807) is 0 Å². The molecule has 2 heterocycles. The summed E-state index contributed by atoms with van der Waals surface area (Å²) in [5.74, 6) is 5.09. The Hall–Kier alpha value is -3.40. The molecule has 0 saturated carbocycles. The van der Waals surface area contributed by atoms with Gasteiger partial charge in [0.15, 0.2) is 0 Å². The van der Waals surface area contributed by atoms with Crippen LogP contribution in [0.15, 0.2) is 60.7 Å². The molecule has 0 fully saturated rings. The zero-order valence-electron chi connectivity index (χ0n) is 13.2. The molecular weight excluding hydrogens is 324 g/mol. The van der Waals surface area contributed by atoms with E-state index in [1.165, 1.54) is 11.3 Å². The van der Waals surface area contributed by atoms with Crippen molar-refractivity contribution in [2.24, 2.45) is 0 Å². The molecule has 0 atom stereocenters. The van der Waals surface area contributed by atoms with Crippen molar-refractivity contribution in [3.05, 3.63) is 76.8 Å². The number of rotatable bonds is 2. The zero-order chi connectivity index (χ0) is 17.2.